The number of carboxylic acid groups (broad SMARTS) is 1. The maximum Gasteiger partial charge on any atom is 0.335 e. The number of anilines is 2. The Morgan fingerprint density at radius 3 is 2.23 bits per heavy atom. The Bertz CT molecular complexity index is 1210. The number of ketones is 1. The number of aromatic carboxylic acids is 1. The van der Waals surface area contributed by atoms with Gasteiger partial charge in [0.1, 0.15) is 0 Å². The number of hydrogen-bond acceptors (Lipinski definition) is 4. The summed E-state index contributed by atoms with van der Waals surface area (Å²) in [7, 11) is 0. The van der Waals surface area contributed by atoms with Crippen LogP contribution in [0.25, 0.3) is 0 Å². The van der Waals surface area contributed by atoms with Gasteiger partial charge in [0.05, 0.1) is 12.1 Å². The lowest BCUT2D eigenvalue weighted by Crippen LogP contribution is -2.50. The first-order chi connectivity index (χ1) is 16.9. The molecule has 1 fully saturated rings. The molecule has 0 unspecified atom stereocenters. The van der Waals surface area contributed by atoms with E-state index in [1.165, 1.54) is 5.56 Å². The summed E-state index contributed by atoms with van der Waals surface area (Å²) < 4.78 is 0. The van der Waals surface area contributed by atoms with Gasteiger partial charge in [-0.05, 0) is 61.9 Å². The van der Waals surface area contributed by atoms with Crippen LogP contribution in [0.2, 0.25) is 0 Å². The number of carbonyl (C=O) groups is 2. The van der Waals surface area contributed by atoms with E-state index in [2.05, 4.69) is 46.3 Å². The van der Waals surface area contributed by atoms with Crippen molar-refractivity contribution in [2.45, 2.75) is 20.4 Å². The predicted octanol–water partition coefficient (Wildman–Crippen LogP) is 4.69. The van der Waals surface area contributed by atoms with Gasteiger partial charge in [-0.15, -0.1) is 0 Å². The molecular formula is C28H30N4O3. The quantitative estimate of drug-likeness (QED) is 0.309. The predicted molar refractivity (Wildman–Crippen MR) is 140 cm³/mol. The maximum atomic E-state index is 11.6. The minimum atomic E-state index is -0.962. The number of aryl methyl sites for hydroxylation is 1. The van der Waals surface area contributed by atoms with E-state index < -0.39 is 5.97 Å². The molecule has 0 aromatic heterocycles. The molecule has 1 aliphatic heterocycles. The Morgan fingerprint density at radius 2 is 1.60 bits per heavy atom. The molecule has 1 aliphatic rings. The number of rotatable bonds is 6. The van der Waals surface area contributed by atoms with Crippen molar-refractivity contribution < 1.29 is 14.7 Å². The van der Waals surface area contributed by atoms with Crippen LogP contribution in [0.15, 0.2) is 77.8 Å². The highest BCUT2D eigenvalue weighted by molar-refractivity contribution is 5.96. The zero-order chi connectivity index (χ0) is 24.8. The molecule has 3 aromatic carbocycles. The van der Waals surface area contributed by atoms with Crippen molar-refractivity contribution in [1.82, 2.24) is 4.90 Å². The molecule has 0 atom stereocenters. The van der Waals surface area contributed by atoms with E-state index in [0.29, 0.717) is 17.8 Å². The molecule has 2 N–H and O–H groups in total. The molecule has 7 nitrogen and oxygen atoms in total. The average molecular weight is 471 g/mol. The number of nitrogens with one attached hydrogen (secondary N) is 1. The molecule has 4 rings (SSSR count). The molecular weight excluding hydrogens is 440 g/mol. The van der Waals surface area contributed by atoms with Crippen LogP contribution in [0, 0.1) is 6.92 Å². The second-order valence-corrected chi connectivity index (χ2v) is 8.71. The third-order valence-corrected chi connectivity index (χ3v) is 6.12. The largest absolute Gasteiger partial charge is 0.478 e. The van der Waals surface area contributed by atoms with Crippen LogP contribution in [0.5, 0.6) is 0 Å². The molecule has 0 spiro atoms. The summed E-state index contributed by atoms with van der Waals surface area (Å²) in [6.07, 6.45) is 0. The van der Waals surface area contributed by atoms with Gasteiger partial charge in [0.2, 0.25) is 0 Å². The normalized spacial score (nSPS) is 14.1. The Morgan fingerprint density at radius 1 is 0.914 bits per heavy atom. The van der Waals surface area contributed by atoms with Gasteiger partial charge >= 0.3 is 5.97 Å². The zero-order valence-electron chi connectivity index (χ0n) is 20.1. The van der Waals surface area contributed by atoms with Crippen molar-refractivity contribution in [3.63, 3.8) is 0 Å². The zero-order valence-corrected chi connectivity index (χ0v) is 20.1. The van der Waals surface area contributed by atoms with Crippen LogP contribution in [-0.4, -0.2) is 53.9 Å². The van der Waals surface area contributed by atoms with E-state index >= 15 is 0 Å². The van der Waals surface area contributed by atoms with E-state index in [4.69, 9.17) is 4.99 Å². The van der Waals surface area contributed by atoms with Crippen molar-refractivity contribution in [2.75, 3.05) is 36.4 Å². The first kappa shape index (κ1) is 24.0. The minimum absolute atomic E-state index is 0.0637. The lowest BCUT2D eigenvalue weighted by molar-refractivity contribution is 0.0696. The fraction of sp³-hybridized carbons (Fsp3) is 0.250. The molecule has 1 heterocycles. The van der Waals surface area contributed by atoms with Gasteiger partial charge in [-0.2, -0.15) is 0 Å². The molecule has 7 heteroatoms. The highest BCUT2D eigenvalue weighted by Gasteiger charge is 2.21. The van der Waals surface area contributed by atoms with Gasteiger partial charge in [0.15, 0.2) is 11.7 Å². The number of aliphatic imine (C=N–C) groups is 1. The van der Waals surface area contributed by atoms with Crippen LogP contribution < -0.4 is 10.2 Å². The molecule has 35 heavy (non-hydrogen) atoms. The van der Waals surface area contributed by atoms with Crippen molar-refractivity contribution in [3.05, 3.63) is 95.1 Å². The lowest BCUT2D eigenvalue weighted by Gasteiger charge is -2.38. The van der Waals surface area contributed by atoms with E-state index in [1.807, 2.05) is 30.3 Å². The summed E-state index contributed by atoms with van der Waals surface area (Å²) in [6.45, 7) is 7.28. The Kier molecular flexibility index (Phi) is 7.45. The van der Waals surface area contributed by atoms with E-state index in [1.54, 1.807) is 25.1 Å². The van der Waals surface area contributed by atoms with Crippen LogP contribution in [0.4, 0.5) is 11.4 Å². The van der Waals surface area contributed by atoms with E-state index in [-0.39, 0.29) is 11.3 Å². The number of guanidine groups is 1. The van der Waals surface area contributed by atoms with E-state index in [0.717, 1.165) is 43.4 Å². The second kappa shape index (κ2) is 10.9. The van der Waals surface area contributed by atoms with Crippen molar-refractivity contribution in [1.29, 1.82) is 0 Å². The molecule has 0 radical (unpaired) electrons. The van der Waals surface area contributed by atoms with Gasteiger partial charge in [-0.1, -0.05) is 35.9 Å². The molecule has 1 saturated heterocycles. The summed E-state index contributed by atoms with van der Waals surface area (Å²) in [6, 6.07) is 22.8. The molecule has 3 aromatic rings. The van der Waals surface area contributed by atoms with Crippen molar-refractivity contribution in [3.8, 4) is 0 Å². The second-order valence-electron chi connectivity index (χ2n) is 8.71. The van der Waals surface area contributed by atoms with E-state index in [9.17, 15) is 14.7 Å². The van der Waals surface area contributed by atoms with Crippen LogP contribution in [0.3, 0.4) is 0 Å². The maximum absolute atomic E-state index is 11.6. The molecule has 180 valence electrons. The summed E-state index contributed by atoms with van der Waals surface area (Å²) in [5, 5.41) is 12.7. The SMILES string of the molecule is CC(=O)c1ccc(N2CCN(C(=NCc3ccc(C)cc3)Nc3cccc(C(=O)O)c3)CC2)cc1. The topological polar surface area (TPSA) is 85.2 Å². The number of carboxylic acids is 1. The fourth-order valence-corrected chi connectivity index (χ4v) is 4.02. The van der Waals surface area contributed by atoms with Crippen LogP contribution in [0.1, 0.15) is 38.8 Å². The van der Waals surface area contributed by atoms with Crippen LogP contribution in [-0.2, 0) is 6.54 Å². The first-order valence-corrected chi connectivity index (χ1v) is 11.7. The lowest BCUT2D eigenvalue weighted by atomic mass is 10.1. The molecule has 0 aliphatic carbocycles. The number of piperazine rings is 1. The number of hydrogen-bond donors (Lipinski definition) is 2. The Balaban J connectivity index is 1.50. The first-order valence-electron chi connectivity index (χ1n) is 11.7. The van der Waals surface area contributed by atoms with Gasteiger partial charge in [0, 0.05) is 43.1 Å². The molecule has 0 bridgehead atoms. The Hall–Kier alpha value is -4.13. The fourth-order valence-electron chi connectivity index (χ4n) is 4.02. The average Bonchev–Trinajstić information content (AvgIpc) is 2.88. The molecule has 0 saturated carbocycles. The van der Waals surface area contributed by atoms with Crippen molar-refractivity contribution >= 4 is 29.1 Å². The van der Waals surface area contributed by atoms with Crippen LogP contribution >= 0.6 is 0 Å². The van der Waals surface area contributed by atoms with Gasteiger partial charge in [-0.3, -0.25) is 4.79 Å². The third kappa shape index (κ3) is 6.26. The summed E-state index contributed by atoms with van der Waals surface area (Å²) >= 11 is 0. The monoisotopic (exact) mass is 470 g/mol. The van der Waals surface area contributed by atoms with Gasteiger partial charge in [0.25, 0.3) is 0 Å². The van der Waals surface area contributed by atoms with Gasteiger partial charge in [-0.25, -0.2) is 9.79 Å². The number of benzene rings is 3. The number of Topliss-reactive ketones (excluding diaryl/α,β-unsaturated/α-hetero) is 1. The molecule has 0 amide bonds. The Labute approximate surface area is 205 Å². The summed E-state index contributed by atoms with van der Waals surface area (Å²) in [5.74, 6) is -0.176. The highest BCUT2D eigenvalue weighted by Crippen LogP contribution is 2.19. The number of carbonyl (C=O) groups excluding carboxylic acids is 1. The number of nitrogens with zero attached hydrogens (tertiary/aromatic N) is 3. The highest BCUT2D eigenvalue weighted by atomic mass is 16.4. The smallest absolute Gasteiger partial charge is 0.335 e. The van der Waals surface area contributed by atoms with Gasteiger partial charge < -0.3 is 20.2 Å². The third-order valence-electron chi connectivity index (χ3n) is 6.12. The standard InChI is InChI=1S/C28H30N4O3/c1-20-6-8-22(9-7-20)19-29-28(30-25-5-3-4-24(18-25)27(34)35)32-16-14-31(15-17-32)26-12-10-23(11-13-26)21(2)33/h3-13,18H,14-17,19H2,1-2H3,(H,29,30)(H,34,35). The summed E-state index contributed by atoms with van der Waals surface area (Å²) in [4.78, 5) is 32.3. The summed E-state index contributed by atoms with van der Waals surface area (Å²) in [5.41, 5.74) is 5.04. The van der Waals surface area contributed by atoms with Crippen molar-refractivity contribution in [2.24, 2.45) is 4.99 Å². The minimum Gasteiger partial charge on any atom is -0.478 e.